The molecule has 0 aromatic heterocycles. The number of aliphatic carboxylic acids is 1. The average Bonchev–Trinajstić information content (AvgIpc) is 3.31. The predicted molar refractivity (Wildman–Crippen MR) is 97.0 cm³/mol. The van der Waals surface area contributed by atoms with E-state index in [1.807, 2.05) is 12.2 Å². The molecule has 0 amide bonds. The number of aliphatic hydroxyl groups excluding tert-OH is 1. The van der Waals surface area contributed by atoms with Crippen molar-refractivity contribution in [3.8, 4) is 0 Å². The van der Waals surface area contributed by atoms with Crippen LogP contribution in [0.1, 0.15) is 58.3 Å². The van der Waals surface area contributed by atoms with Crippen LogP contribution in [0.4, 0.5) is 0 Å². The van der Waals surface area contributed by atoms with Gasteiger partial charge in [0.05, 0.1) is 12.2 Å². The maximum absolute atomic E-state index is 10.3. The van der Waals surface area contributed by atoms with E-state index >= 15 is 0 Å². The molecule has 0 spiro atoms. The van der Waals surface area contributed by atoms with E-state index in [0.29, 0.717) is 25.0 Å². The summed E-state index contributed by atoms with van der Waals surface area (Å²) in [6.07, 6.45) is 20.9. The van der Waals surface area contributed by atoms with Gasteiger partial charge < -0.3 is 14.9 Å². The Morgan fingerprint density at radius 1 is 1.00 bits per heavy atom. The number of ether oxygens (including phenoxy) is 1. The molecule has 1 fully saturated rings. The third-order valence-electron chi connectivity index (χ3n) is 3.83. The Balaban J connectivity index is 2.01. The van der Waals surface area contributed by atoms with Crippen molar-refractivity contribution in [2.45, 2.75) is 70.5 Å². The van der Waals surface area contributed by atoms with Crippen molar-refractivity contribution in [1.82, 2.24) is 0 Å². The zero-order chi connectivity index (χ0) is 17.6. The Morgan fingerprint density at radius 3 is 2.46 bits per heavy atom. The first-order valence-electron chi connectivity index (χ1n) is 8.86. The van der Waals surface area contributed by atoms with E-state index in [4.69, 9.17) is 9.84 Å². The van der Waals surface area contributed by atoms with Gasteiger partial charge in [-0.1, -0.05) is 37.3 Å². The van der Waals surface area contributed by atoms with Crippen LogP contribution in [0, 0.1) is 0 Å². The van der Waals surface area contributed by atoms with Crippen molar-refractivity contribution < 1.29 is 19.7 Å². The minimum Gasteiger partial charge on any atom is -0.508 e. The monoisotopic (exact) mass is 334 g/mol. The van der Waals surface area contributed by atoms with Gasteiger partial charge in [0.25, 0.3) is 0 Å². The SMILES string of the molecule is CCC1OC1C/C=C/C/C=C/C/C=C(O)/C=C/CCCCC(=O)O. The van der Waals surface area contributed by atoms with E-state index < -0.39 is 5.97 Å². The van der Waals surface area contributed by atoms with Gasteiger partial charge in [-0.25, -0.2) is 0 Å². The minimum atomic E-state index is -0.755. The normalized spacial score (nSPS) is 21.3. The summed E-state index contributed by atoms with van der Waals surface area (Å²) in [7, 11) is 0. The Labute approximate surface area is 145 Å². The highest BCUT2D eigenvalue weighted by Crippen LogP contribution is 2.28. The first-order chi connectivity index (χ1) is 11.6. The van der Waals surface area contributed by atoms with Crippen molar-refractivity contribution in [3.63, 3.8) is 0 Å². The number of hydrogen-bond acceptors (Lipinski definition) is 3. The molecule has 4 nitrogen and oxygen atoms in total. The summed E-state index contributed by atoms with van der Waals surface area (Å²) in [5.41, 5.74) is 0. The highest BCUT2D eigenvalue weighted by molar-refractivity contribution is 5.66. The molecule has 0 aliphatic carbocycles. The summed E-state index contributed by atoms with van der Waals surface area (Å²) in [6.45, 7) is 2.15. The van der Waals surface area contributed by atoms with Crippen molar-refractivity contribution in [3.05, 3.63) is 48.3 Å². The molecule has 134 valence electrons. The fourth-order valence-electron chi connectivity index (χ4n) is 2.34. The molecule has 1 heterocycles. The van der Waals surface area contributed by atoms with Crippen LogP contribution < -0.4 is 0 Å². The standard InChI is InChI=1S/C20H30O4/c1-2-18-19(24-18)15-11-6-4-3-5-9-13-17(21)14-10-7-8-12-16-20(22)23/h3,5-6,10-11,13-14,18-19,21H,2,4,7-9,12,15-16H2,1H3,(H,22,23)/b5-3+,11-6+,14-10+,17-13-. The minimum absolute atomic E-state index is 0.210. The van der Waals surface area contributed by atoms with E-state index in [9.17, 15) is 9.90 Å². The second-order valence-corrected chi connectivity index (χ2v) is 5.94. The lowest BCUT2D eigenvalue weighted by atomic mass is 10.2. The molecule has 1 rings (SSSR count). The molecule has 0 aromatic rings. The molecule has 2 N–H and O–H groups in total. The molecule has 2 unspecified atom stereocenters. The summed E-state index contributed by atoms with van der Waals surface area (Å²) in [4.78, 5) is 10.3. The highest BCUT2D eigenvalue weighted by atomic mass is 16.6. The summed E-state index contributed by atoms with van der Waals surface area (Å²) in [5.74, 6) is -0.501. The van der Waals surface area contributed by atoms with Gasteiger partial charge in [-0.15, -0.1) is 0 Å². The number of aliphatic hydroxyl groups is 1. The lowest BCUT2D eigenvalue weighted by Gasteiger charge is -1.94. The average molecular weight is 334 g/mol. The summed E-state index contributed by atoms with van der Waals surface area (Å²) in [6, 6.07) is 0. The fourth-order valence-corrected chi connectivity index (χ4v) is 2.34. The maximum atomic E-state index is 10.3. The molecular weight excluding hydrogens is 304 g/mol. The van der Waals surface area contributed by atoms with Crippen LogP contribution in [-0.2, 0) is 9.53 Å². The van der Waals surface area contributed by atoms with Gasteiger partial charge in [0.15, 0.2) is 0 Å². The van der Waals surface area contributed by atoms with Gasteiger partial charge in [0.1, 0.15) is 5.76 Å². The largest absolute Gasteiger partial charge is 0.508 e. The van der Waals surface area contributed by atoms with Gasteiger partial charge in [-0.3, -0.25) is 4.79 Å². The van der Waals surface area contributed by atoms with Crippen LogP contribution in [0.25, 0.3) is 0 Å². The molecule has 2 atom stereocenters. The molecule has 4 heteroatoms. The van der Waals surface area contributed by atoms with Crippen molar-refractivity contribution in [2.75, 3.05) is 0 Å². The number of carbonyl (C=O) groups is 1. The summed E-state index contributed by atoms with van der Waals surface area (Å²) >= 11 is 0. The number of epoxide rings is 1. The Bertz CT molecular complexity index is 474. The first kappa shape index (κ1) is 20.2. The second kappa shape index (κ2) is 12.6. The number of carboxylic acids is 1. The van der Waals surface area contributed by atoms with Crippen LogP contribution in [0.3, 0.4) is 0 Å². The topological polar surface area (TPSA) is 70.1 Å². The first-order valence-corrected chi connectivity index (χ1v) is 8.86. The number of carboxylic acid groups (broad SMARTS) is 1. The molecule has 0 aromatic carbocycles. The van der Waals surface area contributed by atoms with E-state index in [2.05, 4.69) is 25.2 Å². The molecule has 1 aliphatic rings. The zero-order valence-corrected chi connectivity index (χ0v) is 14.6. The molecule has 0 radical (unpaired) electrons. The molecule has 0 bridgehead atoms. The van der Waals surface area contributed by atoms with E-state index in [1.165, 1.54) is 0 Å². The van der Waals surface area contributed by atoms with Gasteiger partial charge in [-0.2, -0.15) is 0 Å². The van der Waals surface area contributed by atoms with Gasteiger partial charge in [-0.05, 0) is 57.1 Å². The smallest absolute Gasteiger partial charge is 0.303 e. The molecule has 1 saturated heterocycles. The van der Waals surface area contributed by atoms with Crippen molar-refractivity contribution in [1.29, 1.82) is 0 Å². The quantitative estimate of drug-likeness (QED) is 0.162. The lowest BCUT2D eigenvalue weighted by molar-refractivity contribution is -0.137. The molecular formula is C20H30O4. The Kier molecular flexibility index (Phi) is 10.6. The van der Waals surface area contributed by atoms with Crippen molar-refractivity contribution >= 4 is 5.97 Å². The van der Waals surface area contributed by atoms with Gasteiger partial charge in [0.2, 0.25) is 0 Å². The predicted octanol–water partition coefficient (Wildman–Crippen LogP) is 5.09. The number of rotatable bonds is 13. The van der Waals surface area contributed by atoms with E-state index in [-0.39, 0.29) is 12.2 Å². The van der Waals surface area contributed by atoms with Crippen LogP contribution in [0.15, 0.2) is 48.3 Å². The van der Waals surface area contributed by atoms with Crippen LogP contribution in [0.5, 0.6) is 0 Å². The van der Waals surface area contributed by atoms with Gasteiger partial charge >= 0.3 is 5.97 Å². The Morgan fingerprint density at radius 2 is 1.75 bits per heavy atom. The summed E-state index contributed by atoms with van der Waals surface area (Å²) < 4.78 is 5.46. The zero-order valence-electron chi connectivity index (χ0n) is 14.6. The fraction of sp³-hybridized carbons (Fsp3) is 0.550. The number of unbranched alkanes of at least 4 members (excludes halogenated alkanes) is 2. The van der Waals surface area contributed by atoms with Crippen LogP contribution in [-0.4, -0.2) is 28.4 Å². The third kappa shape index (κ3) is 10.8. The number of hydrogen-bond donors (Lipinski definition) is 2. The van der Waals surface area contributed by atoms with Crippen LogP contribution >= 0.6 is 0 Å². The highest BCUT2D eigenvalue weighted by Gasteiger charge is 2.35. The molecule has 0 saturated carbocycles. The third-order valence-corrected chi connectivity index (χ3v) is 3.83. The Hall–Kier alpha value is -1.81. The molecule has 1 aliphatic heterocycles. The van der Waals surface area contributed by atoms with Gasteiger partial charge in [0, 0.05) is 6.42 Å². The molecule has 24 heavy (non-hydrogen) atoms. The van der Waals surface area contributed by atoms with E-state index in [1.54, 1.807) is 12.2 Å². The summed E-state index contributed by atoms with van der Waals surface area (Å²) in [5, 5.41) is 18.2. The van der Waals surface area contributed by atoms with Crippen molar-refractivity contribution in [2.24, 2.45) is 0 Å². The maximum Gasteiger partial charge on any atom is 0.303 e. The second-order valence-electron chi connectivity index (χ2n) is 5.94. The lowest BCUT2D eigenvalue weighted by Crippen LogP contribution is -1.92. The van der Waals surface area contributed by atoms with Crippen LogP contribution in [0.2, 0.25) is 0 Å². The van der Waals surface area contributed by atoms with E-state index in [0.717, 1.165) is 32.1 Å². The number of allylic oxidation sites excluding steroid dienone is 6.